The quantitative estimate of drug-likeness (QED) is 0.911. The zero-order chi connectivity index (χ0) is 16.4. The van der Waals surface area contributed by atoms with E-state index in [0.717, 1.165) is 19.4 Å². The van der Waals surface area contributed by atoms with Crippen molar-refractivity contribution in [2.24, 2.45) is 0 Å². The Morgan fingerprint density at radius 2 is 2.30 bits per heavy atom. The lowest BCUT2D eigenvalue weighted by molar-refractivity contribution is -0.120. The summed E-state index contributed by atoms with van der Waals surface area (Å²) >= 11 is 12.0. The SMILES string of the molecule is Cc1noc(CN2CCCC2C(=O)Nc2cc(Cl)ccc2Cl)n1. The second kappa shape index (κ2) is 6.86. The number of nitrogens with one attached hydrogen (secondary N) is 1. The van der Waals surface area contributed by atoms with Gasteiger partial charge in [-0.05, 0) is 44.5 Å². The van der Waals surface area contributed by atoms with Gasteiger partial charge in [-0.2, -0.15) is 4.98 Å². The van der Waals surface area contributed by atoms with Gasteiger partial charge in [0.15, 0.2) is 5.82 Å². The van der Waals surface area contributed by atoms with Crippen LogP contribution in [0.25, 0.3) is 0 Å². The Balaban J connectivity index is 1.69. The maximum absolute atomic E-state index is 12.6. The minimum absolute atomic E-state index is 0.108. The summed E-state index contributed by atoms with van der Waals surface area (Å²) in [6.45, 7) is 3.04. The molecule has 1 atom stereocenters. The van der Waals surface area contributed by atoms with Gasteiger partial charge in [-0.25, -0.2) is 0 Å². The highest BCUT2D eigenvalue weighted by Crippen LogP contribution is 2.27. The van der Waals surface area contributed by atoms with Crippen LogP contribution in [-0.4, -0.2) is 33.5 Å². The molecule has 0 spiro atoms. The molecule has 122 valence electrons. The highest BCUT2D eigenvalue weighted by molar-refractivity contribution is 6.35. The van der Waals surface area contributed by atoms with Crippen molar-refractivity contribution in [3.05, 3.63) is 40.0 Å². The summed E-state index contributed by atoms with van der Waals surface area (Å²) in [4.78, 5) is 18.8. The summed E-state index contributed by atoms with van der Waals surface area (Å²) in [6, 6.07) is 4.73. The van der Waals surface area contributed by atoms with Crippen molar-refractivity contribution in [1.29, 1.82) is 0 Å². The molecule has 3 rings (SSSR count). The largest absolute Gasteiger partial charge is 0.338 e. The zero-order valence-electron chi connectivity index (χ0n) is 12.6. The van der Waals surface area contributed by atoms with Crippen LogP contribution in [0.4, 0.5) is 5.69 Å². The summed E-state index contributed by atoms with van der Waals surface area (Å²) in [5.41, 5.74) is 0.518. The van der Waals surface area contributed by atoms with Crippen LogP contribution in [-0.2, 0) is 11.3 Å². The van der Waals surface area contributed by atoms with Gasteiger partial charge >= 0.3 is 0 Å². The minimum atomic E-state index is -0.253. The van der Waals surface area contributed by atoms with Gasteiger partial charge in [-0.3, -0.25) is 9.69 Å². The zero-order valence-corrected chi connectivity index (χ0v) is 14.1. The predicted octanol–water partition coefficient (Wildman–Crippen LogP) is 3.29. The molecule has 0 radical (unpaired) electrons. The van der Waals surface area contributed by atoms with Crippen molar-refractivity contribution >= 4 is 34.8 Å². The molecule has 0 bridgehead atoms. The molecule has 6 nitrogen and oxygen atoms in total. The van der Waals surface area contributed by atoms with E-state index in [4.69, 9.17) is 27.7 Å². The smallest absolute Gasteiger partial charge is 0.241 e. The molecule has 1 aromatic carbocycles. The van der Waals surface area contributed by atoms with E-state index in [9.17, 15) is 4.79 Å². The summed E-state index contributed by atoms with van der Waals surface area (Å²) in [5.74, 6) is 0.997. The number of anilines is 1. The average Bonchev–Trinajstić information content (AvgIpc) is 3.12. The fourth-order valence-electron chi connectivity index (χ4n) is 2.70. The Morgan fingerprint density at radius 3 is 3.04 bits per heavy atom. The Bertz CT molecular complexity index is 719. The highest BCUT2D eigenvalue weighted by atomic mass is 35.5. The van der Waals surface area contributed by atoms with Gasteiger partial charge in [0.05, 0.1) is 23.3 Å². The molecule has 1 fully saturated rings. The number of benzene rings is 1. The molecule has 2 heterocycles. The molecule has 2 aromatic rings. The number of hydrogen-bond donors (Lipinski definition) is 1. The second-order valence-electron chi connectivity index (χ2n) is 5.48. The van der Waals surface area contributed by atoms with Crippen LogP contribution in [0.5, 0.6) is 0 Å². The maximum Gasteiger partial charge on any atom is 0.241 e. The monoisotopic (exact) mass is 354 g/mol. The number of rotatable bonds is 4. The van der Waals surface area contributed by atoms with Crippen LogP contribution in [0.1, 0.15) is 24.6 Å². The van der Waals surface area contributed by atoms with Crippen LogP contribution in [0, 0.1) is 6.92 Å². The Morgan fingerprint density at radius 1 is 1.48 bits per heavy atom. The van der Waals surface area contributed by atoms with E-state index in [2.05, 4.69) is 15.5 Å². The van der Waals surface area contributed by atoms with Crippen molar-refractivity contribution in [3.63, 3.8) is 0 Å². The van der Waals surface area contributed by atoms with E-state index in [1.807, 2.05) is 4.90 Å². The van der Waals surface area contributed by atoms with Gasteiger partial charge in [0.25, 0.3) is 0 Å². The Hall–Kier alpha value is -1.63. The van der Waals surface area contributed by atoms with Gasteiger partial charge in [0.1, 0.15) is 0 Å². The van der Waals surface area contributed by atoms with E-state index in [1.165, 1.54) is 0 Å². The standard InChI is InChI=1S/C15H16Cl2N4O2/c1-9-18-14(23-20-9)8-21-6-2-3-13(21)15(22)19-12-7-10(16)4-5-11(12)17/h4-5,7,13H,2-3,6,8H2,1H3,(H,19,22). The summed E-state index contributed by atoms with van der Waals surface area (Å²) in [6.07, 6.45) is 1.71. The van der Waals surface area contributed by atoms with E-state index in [0.29, 0.717) is 34.0 Å². The third kappa shape index (κ3) is 3.83. The molecular formula is C15H16Cl2N4O2. The predicted molar refractivity (Wildman–Crippen MR) is 87.6 cm³/mol. The molecule has 1 aliphatic heterocycles. The number of hydrogen-bond acceptors (Lipinski definition) is 5. The first-order valence-corrected chi connectivity index (χ1v) is 8.07. The second-order valence-corrected chi connectivity index (χ2v) is 6.32. The van der Waals surface area contributed by atoms with Crippen molar-refractivity contribution in [2.75, 3.05) is 11.9 Å². The molecule has 1 unspecified atom stereocenters. The summed E-state index contributed by atoms with van der Waals surface area (Å²) in [7, 11) is 0. The number of likely N-dealkylation sites (tertiary alicyclic amines) is 1. The summed E-state index contributed by atoms with van der Waals surface area (Å²) < 4.78 is 5.13. The van der Waals surface area contributed by atoms with Crippen LogP contribution >= 0.6 is 23.2 Å². The van der Waals surface area contributed by atoms with Gasteiger partial charge in [0.2, 0.25) is 11.8 Å². The maximum atomic E-state index is 12.6. The third-order valence-electron chi connectivity index (χ3n) is 3.76. The summed E-state index contributed by atoms with van der Waals surface area (Å²) in [5, 5.41) is 7.60. The molecule has 0 aliphatic carbocycles. The molecule has 1 aliphatic rings. The molecule has 1 saturated heterocycles. The normalized spacial score (nSPS) is 18.3. The Kier molecular flexibility index (Phi) is 4.84. The van der Waals surface area contributed by atoms with Gasteiger partial charge in [0, 0.05) is 5.02 Å². The fraction of sp³-hybridized carbons (Fsp3) is 0.400. The lowest BCUT2D eigenvalue weighted by Crippen LogP contribution is -2.39. The Labute approximate surface area is 143 Å². The number of amides is 1. The highest BCUT2D eigenvalue weighted by Gasteiger charge is 2.32. The molecule has 1 amide bonds. The fourth-order valence-corrected chi connectivity index (χ4v) is 3.04. The minimum Gasteiger partial charge on any atom is -0.338 e. The molecule has 0 saturated carbocycles. The average molecular weight is 355 g/mol. The van der Waals surface area contributed by atoms with Gasteiger partial charge < -0.3 is 9.84 Å². The third-order valence-corrected chi connectivity index (χ3v) is 4.33. The number of nitrogens with zero attached hydrogens (tertiary/aromatic N) is 3. The molecular weight excluding hydrogens is 339 g/mol. The number of aromatic nitrogens is 2. The molecule has 8 heteroatoms. The van der Waals surface area contributed by atoms with Crippen LogP contribution in [0.2, 0.25) is 10.0 Å². The first-order chi connectivity index (χ1) is 11.0. The molecule has 1 aromatic heterocycles. The molecule has 23 heavy (non-hydrogen) atoms. The van der Waals surface area contributed by atoms with Crippen LogP contribution in [0.3, 0.4) is 0 Å². The van der Waals surface area contributed by atoms with E-state index in [1.54, 1.807) is 25.1 Å². The van der Waals surface area contributed by atoms with E-state index >= 15 is 0 Å². The van der Waals surface area contributed by atoms with E-state index < -0.39 is 0 Å². The number of halogens is 2. The molecule has 1 N–H and O–H groups in total. The van der Waals surface area contributed by atoms with Gasteiger partial charge in [-0.15, -0.1) is 0 Å². The van der Waals surface area contributed by atoms with Gasteiger partial charge in [-0.1, -0.05) is 28.4 Å². The van der Waals surface area contributed by atoms with Crippen molar-refractivity contribution < 1.29 is 9.32 Å². The number of carbonyl (C=O) groups excluding carboxylic acids is 1. The van der Waals surface area contributed by atoms with Crippen LogP contribution < -0.4 is 5.32 Å². The van der Waals surface area contributed by atoms with E-state index in [-0.39, 0.29) is 11.9 Å². The first-order valence-electron chi connectivity index (χ1n) is 7.32. The first kappa shape index (κ1) is 16.2. The number of carbonyl (C=O) groups is 1. The lowest BCUT2D eigenvalue weighted by atomic mass is 10.2. The topological polar surface area (TPSA) is 71.3 Å². The van der Waals surface area contributed by atoms with Crippen molar-refractivity contribution in [2.45, 2.75) is 32.4 Å². The van der Waals surface area contributed by atoms with Crippen LogP contribution in [0.15, 0.2) is 22.7 Å². The van der Waals surface area contributed by atoms with Crippen molar-refractivity contribution in [1.82, 2.24) is 15.0 Å². The lowest BCUT2D eigenvalue weighted by Gasteiger charge is -2.22. The number of aryl methyl sites for hydroxylation is 1. The van der Waals surface area contributed by atoms with Crippen molar-refractivity contribution in [3.8, 4) is 0 Å².